The van der Waals surface area contributed by atoms with Crippen molar-refractivity contribution < 1.29 is 18.0 Å². The molecule has 1 aliphatic heterocycles. The second kappa shape index (κ2) is 6.47. The van der Waals surface area contributed by atoms with Gasteiger partial charge in [-0.15, -0.1) is 0 Å². The van der Waals surface area contributed by atoms with E-state index in [1.807, 2.05) is 0 Å². The second-order valence-electron chi connectivity index (χ2n) is 5.40. The zero-order chi connectivity index (χ0) is 15.5. The summed E-state index contributed by atoms with van der Waals surface area (Å²) in [5, 5.41) is 5.95. The Kier molecular flexibility index (Phi) is 4.88. The first-order chi connectivity index (χ1) is 9.88. The topological polar surface area (TPSA) is 41.1 Å². The van der Waals surface area contributed by atoms with Crippen LogP contribution in [0.4, 0.5) is 13.2 Å². The number of hydrogen-bond acceptors (Lipinski definition) is 2. The summed E-state index contributed by atoms with van der Waals surface area (Å²) in [5.41, 5.74) is -0.234. The summed E-state index contributed by atoms with van der Waals surface area (Å²) in [6.07, 6.45) is -2.61. The minimum Gasteiger partial charge on any atom is -0.349 e. The largest absolute Gasteiger partial charge is 0.416 e. The molecule has 0 aliphatic carbocycles. The molecule has 2 N–H and O–H groups in total. The summed E-state index contributed by atoms with van der Waals surface area (Å²) in [6.45, 7) is 3.23. The lowest BCUT2D eigenvalue weighted by Gasteiger charge is -2.24. The molecule has 2 atom stereocenters. The van der Waals surface area contributed by atoms with Crippen LogP contribution in [0.1, 0.15) is 36.9 Å². The van der Waals surface area contributed by atoms with Crippen LogP contribution in [0.2, 0.25) is 0 Å². The molecule has 3 nitrogen and oxygen atoms in total. The zero-order valence-corrected chi connectivity index (χ0v) is 11.8. The van der Waals surface area contributed by atoms with E-state index in [2.05, 4.69) is 10.6 Å². The number of carbonyl (C=O) groups excluding carboxylic acids is 1. The summed E-state index contributed by atoms with van der Waals surface area (Å²) in [4.78, 5) is 12.1. The molecule has 0 aromatic heterocycles. The minimum atomic E-state index is -4.37. The second-order valence-corrected chi connectivity index (χ2v) is 5.40. The predicted molar refractivity (Wildman–Crippen MR) is 73.6 cm³/mol. The molecule has 6 heteroatoms. The van der Waals surface area contributed by atoms with E-state index in [-0.39, 0.29) is 11.8 Å². The molecule has 2 rings (SSSR count). The number of nitrogens with one attached hydrogen (secondary N) is 2. The van der Waals surface area contributed by atoms with Crippen LogP contribution in [-0.2, 0) is 11.0 Å². The third-order valence-electron chi connectivity index (χ3n) is 3.74. The molecule has 1 fully saturated rings. The predicted octanol–water partition coefficient (Wildman–Crippen LogP) is 2.88. The van der Waals surface area contributed by atoms with Crippen LogP contribution in [0, 0.1) is 5.92 Å². The number of amides is 1. The fourth-order valence-electron chi connectivity index (χ4n) is 2.47. The maximum atomic E-state index is 12.7. The lowest BCUT2D eigenvalue weighted by atomic mass is 9.97. The number of piperidine rings is 1. The summed E-state index contributed by atoms with van der Waals surface area (Å²) in [5.74, 6) is -0.209. The van der Waals surface area contributed by atoms with Gasteiger partial charge in [0.2, 0.25) is 5.91 Å². The van der Waals surface area contributed by atoms with Crippen molar-refractivity contribution in [3.8, 4) is 0 Å². The molecule has 1 aromatic carbocycles. The maximum Gasteiger partial charge on any atom is 0.416 e. The molecule has 1 heterocycles. The SMILES string of the molecule is CC(NC(=O)[C@@H]1CCCNC1)c1cccc(C(F)(F)F)c1. The van der Waals surface area contributed by atoms with Crippen LogP contribution in [0.5, 0.6) is 0 Å². The van der Waals surface area contributed by atoms with E-state index < -0.39 is 17.8 Å². The highest BCUT2D eigenvalue weighted by molar-refractivity contribution is 5.79. The molecule has 1 aliphatic rings. The van der Waals surface area contributed by atoms with Gasteiger partial charge in [-0.25, -0.2) is 0 Å². The van der Waals surface area contributed by atoms with Crippen molar-refractivity contribution in [3.63, 3.8) is 0 Å². The number of carbonyl (C=O) groups is 1. The smallest absolute Gasteiger partial charge is 0.349 e. The summed E-state index contributed by atoms with van der Waals surface area (Å²) >= 11 is 0. The van der Waals surface area contributed by atoms with Gasteiger partial charge in [-0.1, -0.05) is 12.1 Å². The Morgan fingerprint density at radius 3 is 2.81 bits per heavy atom. The number of alkyl halides is 3. The molecular weight excluding hydrogens is 281 g/mol. The lowest BCUT2D eigenvalue weighted by Crippen LogP contribution is -2.41. The number of benzene rings is 1. The van der Waals surface area contributed by atoms with Gasteiger partial charge in [-0.2, -0.15) is 13.2 Å². The first-order valence-corrected chi connectivity index (χ1v) is 7.06. The summed E-state index contributed by atoms with van der Waals surface area (Å²) in [7, 11) is 0. The average Bonchev–Trinajstić information content (AvgIpc) is 2.47. The van der Waals surface area contributed by atoms with Crippen LogP contribution in [-0.4, -0.2) is 19.0 Å². The number of hydrogen-bond donors (Lipinski definition) is 2. The van der Waals surface area contributed by atoms with Crippen LogP contribution in [0.25, 0.3) is 0 Å². The van der Waals surface area contributed by atoms with Gasteiger partial charge in [-0.05, 0) is 44.0 Å². The van der Waals surface area contributed by atoms with Crippen molar-refractivity contribution in [2.45, 2.75) is 32.0 Å². The highest BCUT2D eigenvalue weighted by atomic mass is 19.4. The van der Waals surface area contributed by atoms with E-state index in [1.165, 1.54) is 6.07 Å². The van der Waals surface area contributed by atoms with Crippen molar-refractivity contribution in [2.24, 2.45) is 5.92 Å². The van der Waals surface area contributed by atoms with Crippen LogP contribution < -0.4 is 10.6 Å². The number of halogens is 3. The van der Waals surface area contributed by atoms with Gasteiger partial charge >= 0.3 is 6.18 Å². The van der Waals surface area contributed by atoms with Crippen molar-refractivity contribution in [2.75, 3.05) is 13.1 Å². The van der Waals surface area contributed by atoms with Gasteiger partial charge in [-0.3, -0.25) is 4.79 Å². The zero-order valence-electron chi connectivity index (χ0n) is 11.8. The molecule has 0 spiro atoms. The van der Waals surface area contributed by atoms with Crippen LogP contribution in [0.3, 0.4) is 0 Å². The Morgan fingerprint density at radius 2 is 2.19 bits per heavy atom. The van der Waals surface area contributed by atoms with E-state index in [9.17, 15) is 18.0 Å². The molecule has 1 amide bonds. The van der Waals surface area contributed by atoms with E-state index in [0.29, 0.717) is 12.1 Å². The highest BCUT2D eigenvalue weighted by Crippen LogP contribution is 2.30. The first-order valence-electron chi connectivity index (χ1n) is 7.06. The van der Waals surface area contributed by atoms with Crippen molar-refractivity contribution in [1.29, 1.82) is 0 Å². The fourth-order valence-corrected chi connectivity index (χ4v) is 2.47. The fraction of sp³-hybridized carbons (Fsp3) is 0.533. The molecule has 0 bridgehead atoms. The Labute approximate surface area is 121 Å². The van der Waals surface area contributed by atoms with E-state index >= 15 is 0 Å². The monoisotopic (exact) mass is 300 g/mol. The molecule has 1 unspecified atom stereocenters. The van der Waals surface area contributed by atoms with Gasteiger partial charge in [0.05, 0.1) is 17.5 Å². The summed E-state index contributed by atoms with van der Waals surface area (Å²) < 4.78 is 38.1. The Hall–Kier alpha value is -1.56. The third kappa shape index (κ3) is 4.20. The van der Waals surface area contributed by atoms with Crippen molar-refractivity contribution >= 4 is 5.91 Å². The highest BCUT2D eigenvalue weighted by Gasteiger charge is 2.31. The van der Waals surface area contributed by atoms with Crippen LogP contribution >= 0.6 is 0 Å². The summed E-state index contributed by atoms with van der Waals surface area (Å²) in [6, 6.07) is 4.64. The standard InChI is InChI=1S/C15H19F3N2O/c1-10(20-14(21)12-5-3-7-19-9-12)11-4-2-6-13(8-11)15(16,17)18/h2,4,6,8,10,12,19H,3,5,7,9H2,1H3,(H,20,21)/t10?,12-/m1/s1. The Balaban J connectivity index is 2.02. The van der Waals surface area contributed by atoms with Crippen molar-refractivity contribution in [3.05, 3.63) is 35.4 Å². The van der Waals surface area contributed by atoms with Gasteiger partial charge < -0.3 is 10.6 Å². The van der Waals surface area contributed by atoms with Gasteiger partial charge in [0.25, 0.3) is 0 Å². The lowest BCUT2D eigenvalue weighted by molar-refractivity contribution is -0.137. The van der Waals surface area contributed by atoms with Gasteiger partial charge in [0, 0.05) is 6.54 Å². The van der Waals surface area contributed by atoms with Crippen molar-refractivity contribution in [1.82, 2.24) is 10.6 Å². The molecule has 1 saturated heterocycles. The first kappa shape index (κ1) is 15.8. The molecule has 116 valence electrons. The van der Waals surface area contributed by atoms with Gasteiger partial charge in [0.15, 0.2) is 0 Å². The molecule has 0 saturated carbocycles. The van der Waals surface area contributed by atoms with E-state index in [1.54, 1.807) is 13.0 Å². The quantitative estimate of drug-likeness (QED) is 0.901. The van der Waals surface area contributed by atoms with E-state index in [0.717, 1.165) is 31.5 Å². The number of rotatable bonds is 3. The molecule has 21 heavy (non-hydrogen) atoms. The Morgan fingerprint density at radius 1 is 1.43 bits per heavy atom. The molecule has 0 radical (unpaired) electrons. The molecular formula is C15H19F3N2O. The Bertz CT molecular complexity index is 496. The van der Waals surface area contributed by atoms with Crippen LogP contribution in [0.15, 0.2) is 24.3 Å². The molecule has 1 aromatic rings. The average molecular weight is 300 g/mol. The normalized spacial score (nSPS) is 20.9. The third-order valence-corrected chi connectivity index (χ3v) is 3.74. The van der Waals surface area contributed by atoms with E-state index in [4.69, 9.17) is 0 Å². The van der Waals surface area contributed by atoms with Gasteiger partial charge in [0.1, 0.15) is 0 Å². The minimum absolute atomic E-state index is 0.105. The maximum absolute atomic E-state index is 12.7.